The molecule has 0 fully saturated rings. The molecular weight excluding hydrogens is 1570 g/mol. The number of benzene rings is 10. The number of halogens is 8. The van der Waals surface area contributed by atoms with Gasteiger partial charge in [0.15, 0.2) is 23.3 Å². The van der Waals surface area contributed by atoms with E-state index in [1.54, 1.807) is 77.9 Å². The molecule has 0 saturated heterocycles. The van der Waals surface area contributed by atoms with E-state index in [9.17, 15) is 35.1 Å². The fraction of sp³-hybridized carbons (Fsp3) is 0. The van der Waals surface area contributed by atoms with Gasteiger partial charge in [0.2, 0.25) is 5.95 Å². The molecule has 0 atom stereocenters. The predicted octanol–water partition coefficient (Wildman–Crippen LogP) is 23.8. The van der Waals surface area contributed by atoms with E-state index in [0.717, 1.165) is 66.9 Å². The Morgan fingerprint density at radius 2 is 0.537 bits per heavy atom. The van der Waals surface area contributed by atoms with Crippen molar-refractivity contribution in [3.05, 3.63) is 399 Å². The molecule has 0 bridgehead atoms. The number of pyridine rings is 6. The molecule has 10 aromatic carbocycles. The van der Waals surface area contributed by atoms with Crippen LogP contribution in [0.3, 0.4) is 0 Å². The van der Waals surface area contributed by atoms with Crippen LogP contribution >= 0.6 is 0 Å². The third-order valence-corrected chi connectivity index (χ3v) is 20.9. The van der Waals surface area contributed by atoms with Gasteiger partial charge in [0.1, 0.15) is 63.7 Å². The third kappa shape index (κ3) is 14.5. The number of aromatic nitrogens is 16. The molecule has 0 radical (unpaired) electrons. The first-order valence-electron chi connectivity index (χ1n) is 38.7. The second-order valence-electron chi connectivity index (χ2n) is 28.6. The standard InChI is InChI=1S/2C27H16F2N4.C26H15F2N5.C19H11F2N3/c28-17-7-9-26-20(13-17)21-14-18(29)8-10-27(21)33(26)19-15-24(22-5-1-3-11-30-22)32-25(16-19)23-6-2-4-12-31-23;28-18-9-11-24-20(14-18)21-15-19(29)10-12-25(21)33(24)26-16-23(22-8-4-5-13-30-22)31-27(32-26)17-6-2-1-3-7-17;27-17-9-11-22-19(14-17)20-15-18(28)10-12-23(20)33(22)26-31-24(16-6-2-1-3-7-16)30-25(32-26)21-8-4-5-13-29-21;20-12-4-6-16-14(9-12)15-10-13(21)5-7-17(15)24(16)19-11-23-8-2-1-3-18(23)22-19/h2*1-16H;1-15H;1-11H. The van der Waals surface area contributed by atoms with Crippen molar-refractivity contribution < 1.29 is 35.1 Å². The maximum Gasteiger partial charge on any atom is 0.238 e. The smallest absolute Gasteiger partial charge is 0.238 e. The van der Waals surface area contributed by atoms with Crippen molar-refractivity contribution in [2.24, 2.45) is 0 Å². The van der Waals surface area contributed by atoms with E-state index < -0.39 is 11.6 Å². The molecular formula is C99H58F8N16. The summed E-state index contributed by atoms with van der Waals surface area (Å²) in [6, 6.07) is 89.2. The van der Waals surface area contributed by atoms with Crippen LogP contribution in [-0.2, 0) is 0 Å². The number of fused-ring (bicyclic) bond motifs is 13. The molecule has 0 N–H and O–H groups in total. The average molecular weight is 1620 g/mol. The molecule has 16 nitrogen and oxygen atoms in total. The Hall–Kier alpha value is -16.6. The summed E-state index contributed by atoms with van der Waals surface area (Å²) in [6.45, 7) is 0. The Morgan fingerprint density at radius 3 is 0.911 bits per heavy atom. The summed E-state index contributed by atoms with van der Waals surface area (Å²) < 4.78 is 122. The molecule has 13 heterocycles. The van der Waals surface area contributed by atoms with E-state index >= 15 is 0 Å². The van der Waals surface area contributed by atoms with E-state index in [2.05, 4.69) is 29.9 Å². The quantitative estimate of drug-likeness (QED) is 0.120. The fourth-order valence-electron chi connectivity index (χ4n) is 15.5. The largest absolute Gasteiger partial charge is 0.309 e. The Kier molecular flexibility index (Phi) is 19.3. The highest BCUT2D eigenvalue weighted by molar-refractivity contribution is 6.12. The maximum absolute atomic E-state index is 14.1. The van der Waals surface area contributed by atoms with Crippen molar-refractivity contribution in [2.45, 2.75) is 0 Å². The molecule has 0 aliphatic rings. The fourth-order valence-corrected chi connectivity index (χ4v) is 15.5. The van der Waals surface area contributed by atoms with Crippen LogP contribution in [-0.4, -0.2) is 77.5 Å². The summed E-state index contributed by atoms with van der Waals surface area (Å²) in [5.74, 6) is 0.0351. The van der Waals surface area contributed by atoms with Crippen LogP contribution in [0.4, 0.5) is 35.1 Å². The zero-order valence-electron chi connectivity index (χ0n) is 64.2. The minimum Gasteiger partial charge on any atom is -0.309 e. The Balaban J connectivity index is 0.000000105. The van der Waals surface area contributed by atoms with Gasteiger partial charge in [-0.05, 0) is 218 Å². The van der Waals surface area contributed by atoms with Crippen LogP contribution in [0, 0.1) is 46.5 Å². The number of imidazole rings is 1. The summed E-state index contributed by atoms with van der Waals surface area (Å²) in [7, 11) is 0. The molecule has 0 unspecified atom stereocenters. The van der Waals surface area contributed by atoms with Crippen molar-refractivity contribution in [3.8, 4) is 91.7 Å². The molecule has 23 aromatic rings. The first-order chi connectivity index (χ1) is 60.2. The lowest BCUT2D eigenvalue weighted by atomic mass is 10.1. The summed E-state index contributed by atoms with van der Waals surface area (Å²) in [4.78, 5) is 50.9. The predicted molar refractivity (Wildman–Crippen MR) is 462 cm³/mol. The molecule has 0 aliphatic heterocycles. The molecule has 13 aromatic heterocycles. The first kappa shape index (κ1) is 75.1. The lowest BCUT2D eigenvalue weighted by Gasteiger charge is -2.12. The third-order valence-electron chi connectivity index (χ3n) is 20.9. The summed E-state index contributed by atoms with van der Waals surface area (Å²) >= 11 is 0. The van der Waals surface area contributed by atoms with Crippen LogP contribution in [0.25, 0.3) is 185 Å². The number of nitrogens with zero attached hydrogens (tertiary/aromatic N) is 16. The second-order valence-corrected chi connectivity index (χ2v) is 28.6. The van der Waals surface area contributed by atoms with Gasteiger partial charge in [0.05, 0.1) is 90.2 Å². The van der Waals surface area contributed by atoms with Gasteiger partial charge in [0.25, 0.3) is 0 Å². The monoisotopic (exact) mass is 1620 g/mol. The Morgan fingerprint density at radius 1 is 0.211 bits per heavy atom. The lowest BCUT2D eigenvalue weighted by molar-refractivity contribution is 0.628. The van der Waals surface area contributed by atoms with Gasteiger partial charge in [-0.2, -0.15) is 9.97 Å². The molecule has 0 saturated carbocycles. The molecule has 590 valence electrons. The zero-order valence-corrected chi connectivity index (χ0v) is 64.2. The molecule has 24 heteroatoms. The van der Waals surface area contributed by atoms with Crippen LogP contribution in [0.1, 0.15) is 0 Å². The van der Waals surface area contributed by atoms with Crippen LogP contribution in [0.2, 0.25) is 0 Å². The van der Waals surface area contributed by atoms with Gasteiger partial charge < -0.3 is 8.97 Å². The first-order valence-corrected chi connectivity index (χ1v) is 38.7. The van der Waals surface area contributed by atoms with Crippen molar-refractivity contribution in [3.63, 3.8) is 0 Å². The molecule has 0 aliphatic carbocycles. The molecule has 23 rings (SSSR count). The maximum atomic E-state index is 14.1. The van der Waals surface area contributed by atoms with E-state index in [-0.39, 0.29) is 34.9 Å². The SMILES string of the molecule is Fc1ccc2c(c1)c1cc(F)ccc1n2-c1cc(-c2ccccn2)nc(-c2ccccc2)n1.Fc1ccc2c(c1)c1cc(F)ccc1n2-c1cc(-c2ccccn2)nc(-c2ccccn2)c1.Fc1ccc2c(c1)c1cc(F)ccc1n2-c1cn2ccccc2n1.Fc1ccc2c(c1)c1cc(F)ccc1n2-c1nc(-c2ccccc2)nc(-c2ccccn2)n1. The minimum absolute atomic E-state index is 0.336. The van der Waals surface area contributed by atoms with E-state index in [1.165, 1.54) is 97.1 Å². The average Bonchev–Trinajstić information content (AvgIpc) is 1.60. The lowest BCUT2D eigenvalue weighted by Crippen LogP contribution is -2.06. The highest BCUT2D eigenvalue weighted by Gasteiger charge is 2.24. The molecule has 0 amide bonds. The summed E-state index contributed by atoms with van der Waals surface area (Å²) in [5, 5.41) is 4.99. The van der Waals surface area contributed by atoms with Crippen molar-refractivity contribution in [1.29, 1.82) is 0 Å². The van der Waals surface area contributed by atoms with Crippen molar-refractivity contribution >= 4 is 92.9 Å². The van der Waals surface area contributed by atoms with Gasteiger partial charge in [-0.15, -0.1) is 0 Å². The highest BCUT2D eigenvalue weighted by atomic mass is 19.2. The minimum atomic E-state index is -0.402. The van der Waals surface area contributed by atoms with E-state index in [0.29, 0.717) is 118 Å². The molecule has 0 spiro atoms. The zero-order chi connectivity index (χ0) is 83.3. The number of hydrogen-bond acceptors (Lipinski definition) is 11. The van der Waals surface area contributed by atoms with Crippen LogP contribution in [0.5, 0.6) is 0 Å². The number of rotatable bonds is 10. The topological polar surface area (TPSA) is 166 Å². The highest BCUT2D eigenvalue weighted by Crippen LogP contribution is 2.40. The van der Waals surface area contributed by atoms with Crippen molar-refractivity contribution in [2.75, 3.05) is 0 Å². The van der Waals surface area contributed by atoms with Gasteiger partial charge in [-0.25, -0.2) is 60.0 Å². The normalized spacial score (nSPS) is 11.4. The Labute approximate surface area is 692 Å². The van der Waals surface area contributed by atoms with Gasteiger partial charge in [-0.1, -0.05) is 91.0 Å². The van der Waals surface area contributed by atoms with Crippen molar-refractivity contribution in [1.82, 2.24) is 77.5 Å². The van der Waals surface area contributed by atoms with E-state index in [1.807, 2.05) is 200 Å². The van der Waals surface area contributed by atoms with Gasteiger partial charge in [0, 0.05) is 91.3 Å². The second kappa shape index (κ2) is 31.7. The van der Waals surface area contributed by atoms with Crippen LogP contribution < -0.4 is 0 Å². The van der Waals surface area contributed by atoms with E-state index in [4.69, 9.17) is 24.9 Å². The Bertz CT molecular complexity index is 6960. The van der Waals surface area contributed by atoms with Crippen LogP contribution in [0.15, 0.2) is 353 Å². The van der Waals surface area contributed by atoms with Gasteiger partial charge >= 0.3 is 0 Å². The molecule has 123 heavy (non-hydrogen) atoms. The van der Waals surface area contributed by atoms with Gasteiger partial charge in [-0.3, -0.25) is 33.6 Å². The summed E-state index contributed by atoms with van der Waals surface area (Å²) in [5.41, 5.74) is 13.9. The summed E-state index contributed by atoms with van der Waals surface area (Å²) in [6.07, 6.45) is 10.6. The number of hydrogen-bond donors (Lipinski definition) is 0.